The van der Waals surface area contributed by atoms with Gasteiger partial charge in [0.25, 0.3) is 0 Å². The maximum Gasteiger partial charge on any atom is 0.361 e. The Labute approximate surface area is 91.2 Å². The van der Waals surface area contributed by atoms with Crippen LogP contribution in [-0.2, 0) is 4.74 Å². The predicted octanol–water partition coefficient (Wildman–Crippen LogP) is 1.81. The van der Waals surface area contributed by atoms with E-state index in [1.54, 1.807) is 19.9 Å². The lowest BCUT2D eigenvalue weighted by atomic mass is 10.2. The van der Waals surface area contributed by atoms with E-state index in [1.807, 2.05) is 0 Å². The predicted molar refractivity (Wildman–Crippen MR) is 52.7 cm³/mol. The molecule has 0 N–H and O–H groups in total. The van der Waals surface area contributed by atoms with Crippen LogP contribution in [0.1, 0.15) is 23.2 Å². The first kappa shape index (κ1) is 10.4. The molecule has 84 valence electrons. The Morgan fingerprint density at radius 1 is 1.56 bits per heavy atom. The van der Waals surface area contributed by atoms with Crippen molar-refractivity contribution in [1.82, 2.24) is 10.1 Å². The number of oxazole rings is 1. The average Bonchev–Trinajstić information content (AvgIpc) is 2.85. The van der Waals surface area contributed by atoms with Crippen LogP contribution < -0.4 is 0 Å². The molecular formula is C10H10N2O4. The van der Waals surface area contributed by atoms with E-state index >= 15 is 0 Å². The highest BCUT2D eigenvalue weighted by atomic mass is 16.5. The van der Waals surface area contributed by atoms with E-state index in [4.69, 9.17) is 13.7 Å². The van der Waals surface area contributed by atoms with Crippen LogP contribution in [0.5, 0.6) is 0 Å². The molecule has 0 amide bonds. The zero-order chi connectivity index (χ0) is 11.5. The van der Waals surface area contributed by atoms with Crippen molar-refractivity contribution in [2.24, 2.45) is 0 Å². The summed E-state index contributed by atoms with van der Waals surface area (Å²) in [7, 11) is 0. The van der Waals surface area contributed by atoms with E-state index in [2.05, 4.69) is 10.1 Å². The van der Waals surface area contributed by atoms with E-state index < -0.39 is 5.97 Å². The van der Waals surface area contributed by atoms with Gasteiger partial charge in [0.1, 0.15) is 5.76 Å². The summed E-state index contributed by atoms with van der Waals surface area (Å²) in [5.41, 5.74) is 0.535. The number of carbonyl (C=O) groups is 1. The highest BCUT2D eigenvalue weighted by molar-refractivity contribution is 5.93. The smallest absolute Gasteiger partial charge is 0.361 e. The fraction of sp³-hybridized carbons (Fsp3) is 0.300. The van der Waals surface area contributed by atoms with E-state index in [1.165, 1.54) is 6.39 Å². The molecule has 6 heteroatoms. The first-order valence-corrected chi connectivity index (χ1v) is 4.76. The molecule has 6 nitrogen and oxygen atoms in total. The second-order valence-electron chi connectivity index (χ2n) is 3.07. The fourth-order valence-corrected chi connectivity index (χ4v) is 1.25. The lowest BCUT2D eigenvalue weighted by Crippen LogP contribution is -2.06. The summed E-state index contributed by atoms with van der Waals surface area (Å²) >= 11 is 0. The molecule has 0 radical (unpaired) electrons. The molecular weight excluding hydrogens is 212 g/mol. The molecule has 0 aliphatic heterocycles. The summed E-state index contributed by atoms with van der Waals surface area (Å²) in [6, 6.07) is 1.66. The largest absolute Gasteiger partial charge is 0.461 e. The number of rotatable bonds is 3. The SMILES string of the molecule is CCOC(=O)c1ncoc1-c1cc(C)on1. The quantitative estimate of drug-likeness (QED) is 0.737. The van der Waals surface area contributed by atoms with E-state index in [-0.39, 0.29) is 18.1 Å². The van der Waals surface area contributed by atoms with Crippen molar-refractivity contribution in [2.75, 3.05) is 6.61 Å². The molecule has 0 saturated carbocycles. The number of nitrogens with zero attached hydrogens (tertiary/aromatic N) is 2. The van der Waals surface area contributed by atoms with Gasteiger partial charge in [0.05, 0.1) is 6.61 Å². The number of carbonyl (C=O) groups excluding carboxylic acids is 1. The average molecular weight is 222 g/mol. The van der Waals surface area contributed by atoms with Crippen molar-refractivity contribution in [3.8, 4) is 11.5 Å². The molecule has 0 unspecified atom stereocenters. The first-order valence-electron chi connectivity index (χ1n) is 4.76. The maximum absolute atomic E-state index is 11.5. The Bertz CT molecular complexity index is 500. The van der Waals surface area contributed by atoms with E-state index in [0.717, 1.165) is 0 Å². The van der Waals surface area contributed by atoms with Crippen LogP contribution in [-0.4, -0.2) is 22.7 Å². The van der Waals surface area contributed by atoms with Crippen LogP contribution in [0.3, 0.4) is 0 Å². The van der Waals surface area contributed by atoms with Crippen LogP contribution in [0.25, 0.3) is 11.5 Å². The molecule has 16 heavy (non-hydrogen) atoms. The third-order valence-electron chi connectivity index (χ3n) is 1.90. The van der Waals surface area contributed by atoms with Crippen molar-refractivity contribution >= 4 is 5.97 Å². The van der Waals surface area contributed by atoms with Crippen molar-refractivity contribution in [1.29, 1.82) is 0 Å². The van der Waals surface area contributed by atoms with E-state index in [0.29, 0.717) is 11.5 Å². The summed E-state index contributed by atoms with van der Waals surface area (Å²) in [5.74, 6) is 0.350. The molecule has 2 aromatic rings. The maximum atomic E-state index is 11.5. The number of esters is 1. The van der Waals surface area contributed by atoms with Crippen molar-refractivity contribution < 1.29 is 18.5 Å². The van der Waals surface area contributed by atoms with Crippen molar-refractivity contribution in [3.05, 3.63) is 23.9 Å². The summed E-state index contributed by atoms with van der Waals surface area (Å²) in [6.07, 6.45) is 1.17. The number of aromatic nitrogens is 2. The molecule has 2 aromatic heterocycles. The minimum absolute atomic E-state index is 0.107. The molecule has 0 aromatic carbocycles. The third kappa shape index (κ3) is 1.81. The Balaban J connectivity index is 2.36. The van der Waals surface area contributed by atoms with Gasteiger partial charge in [-0.15, -0.1) is 0 Å². The third-order valence-corrected chi connectivity index (χ3v) is 1.90. The Morgan fingerprint density at radius 3 is 3.00 bits per heavy atom. The Kier molecular flexibility index (Phi) is 2.72. The molecule has 0 atom stereocenters. The van der Waals surface area contributed by atoms with Gasteiger partial charge in [-0.2, -0.15) is 0 Å². The Hall–Kier alpha value is -2.11. The molecule has 0 aliphatic carbocycles. The molecule has 0 fully saturated rings. The summed E-state index contributed by atoms with van der Waals surface area (Å²) < 4.78 is 14.8. The van der Waals surface area contributed by atoms with Crippen molar-refractivity contribution in [2.45, 2.75) is 13.8 Å². The van der Waals surface area contributed by atoms with Crippen LogP contribution in [0.15, 0.2) is 21.4 Å². The lowest BCUT2D eigenvalue weighted by Gasteiger charge is -1.97. The van der Waals surface area contributed by atoms with Crippen LogP contribution in [0.2, 0.25) is 0 Å². The van der Waals surface area contributed by atoms with Gasteiger partial charge >= 0.3 is 5.97 Å². The van der Waals surface area contributed by atoms with Gasteiger partial charge in [0, 0.05) is 6.07 Å². The van der Waals surface area contributed by atoms with Crippen LogP contribution in [0.4, 0.5) is 0 Å². The highest BCUT2D eigenvalue weighted by Crippen LogP contribution is 2.22. The first-order chi connectivity index (χ1) is 7.72. The summed E-state index contributed by atoms with van der Waals surface area (Å²) in [5, 5.41) is 3.74. The molecule has 2 rings (SSSR count). The highest BCUT2D eigenvalue weighted by Gasteiger charge is 2.21. The molecule has 0 saturated heterocycles. The zero-order valence-electron chi connectivity index (χ0n) is 8.89. The normalized spacial score (nSPS) is 10.4. The number of hydrogen-bond acceptors (Lipinski definition) is 6. The minimum Gasteiger partial charge on any atom is -0.461 e. The number of aryl methyl sites for hydroxylation is 1. The Morgan fingerprint density at radius 2 is 2.38 bits per heavy atom. The van der Waals surface area contributed by atoms with Gasteiger partial charge in [0.2, 0.25) is 0 Å². The van der Waals surface area contributed by atoms with Gasteiger partial charge in [-0.1, -0.05) is 5.16 Å². The summed E-state index contributed by atoms with van der Waals surface area (Å²) in [4.78, 5) is 15.3. The van der Waals surface area contributed by atoms with Crippen molar-refractivity contribution in [3.63, 3.8) is 0 Å². The second-order valence-corrected chi connectivity index (χ2v) is 3.07. The topological polar surface area (TPSA) is 78.4 Å². The van der Waals surface area contributed by atoms with Crippen LogP contribution >= 0.6 is 0 Å². The van der Waals surface area contributed by atoms with Gasteiger partial charge in [0.15, 0.2) is 23.5 Å². The van der Waals surface area contributed by atoms with Gasteiger partial charge in [-0.05, 0) is 13.8 Å². The number of ether oxygens (including phenoxy) is 1. The van der Waals surface area contributed by atoms with Gasteiger partial charge in [-0.3, -0.25) is 0 Å². The monoisotopic (exact) mass is 222 g/mol. The minimum atomic E-state index is -0.535. The number of hydrogen-bond donors (Lipinski definition) is 0. The zero-order valence-corrected chi connectivity index (χ0v) is 8.89. The molecule has 0 bridgehead atoms. The van der Waals surface area contributed by atoms with Gasteiger partial charge < -0.3 is 13.7 Å². The lowest BCUT2D eigenvalue weighted by molar-refractivity contribution is 0.0520. The fourth-order valence-electron chi connectivity index (χ4n) is 1.25. The van der Waals surface area contributed by atoms with E-state index in [9.17, 15) is 4.79 Å². The standard InChI is InChI=1S/C10H10N2O4/c1-3-14-10(13)8-9(15-5-11-8)7-4-6(2)16-12-7/h4-5H,3H2,1-2H3. The molecule has 0 aliphatic rings. The molecule has 2 heterocycles. The van der Waals surface area contributed by atoms with Gasteiger partial charge in [-0.25, -0.2) is 9.78 Å². The second kappa shape index (κ2) is 4.18. The summed E-state index contributed by atoms with van der Waals surface area (Å²) in [6.45, 7) is 3.75. The van der Waals surface area contributed by atoms with Crippen LogP contribution in [0, 0.1) is 6.92 Å². The molecule has 0 spiro atoms.